The van der Waals surface area contributed by atoms with Gasteiger partial charge in [-0.3, -0.25) is 9.89 Å². The zero-order valence-corrected chi connectivity index (χ0v) is 22.1. The summed E-state index contributed by atoms with van der Waals surface area (Å²) in [5, 5.41) is 0.537. The van der Waals surface area contributed by atoms with Crippen LogP contribution in [0.2, 0.25) is 0 Å². The number of nitrogens with two attached hydrogens (primary N) is 1. The summed E-state index contributed by atoms with van der Waals surface area (Å²) in [6.07, 6.45) is 3.96. The van der Waals surface area contributed by atoms with Crippen LogP contribution in [0.4, 0.5) is 5.82 Å². The highest BCUT2D eigenvalue weighted by atomic mass is 35.5. The summed E-state index contributed by atoms with van der Waals surface area (Å²) < 4.78 is 5.56. The smallest absolute Gasteiger partial charge is 0.318 e. The SMILES string of the molecule is CCCc1ccccc1C1Cc2nc(OC)nc(N3CCCN=C(/C(Cl)=C(/C)N)C3)c2CN1CC. The van der Waals surface area contributed by atoms with Gasteiger partial charge in [0.25, 0.3) is 0 Å². The molecule has 0 fully saturated rings. The number of aromatic nitrogens is 2. The van der Waals surface area contributed by atoms with Crippen LogP contribution in [0.25, 0.3) is 0 Å². The summed E-state index contributed by atoms with van der Waals surface area (Å²) in [5.74, 6) is 0.916. The molecule has 1 unspecified atom stereocenters. The van der Waals surface area contributed by atoms with E-state index in [0.29, 0.717) is 23.3 Å². The molecule has 2 N–H and O–H groups in total. The second-order valence-electron chi connectivity index (χ2n) is 9.29. The molecule has 0 radical (unpaired) electrons. The van der Waals surface area contributed by atoms with Crippen molar-refractivity contribution in [2.75, 3.05) is 38.2 Å². The molecule has 1 aromatic heterocycles. The van der Waals surface area contributed by atoms with E-state index in [1.807, 2.05) is 6.92 Å². The molecule has 2 aliphatic heterocycles. The molecule has 2 aromatic rings. The predicted octanol–water partition coefficient (Wildman–Crippen LogP) is 4.64. The predicted molar refractivity (Wildman–Crippen MR) is 143 cm³/mol. The molecule has 8 heteroatoms. The highest BCUT2D eigenvalue weighted by molar-refractivity contribution is 6.44. The number of methoxy groups -OCH3 is 1. The quantitative estimate of drug-likeness (QED) is 0.601. The van der Waals surface area contributed by atoms with E-state index in [1.165, 1.54) is 16.7 Å². The second-order valence-corrected chi connectivity index (χ2v) is 9.67. The maximum atomic E-state index is 6.53. The van der Waals surface area contributed by atoms with Gasteiger partial charge >= 0.3 is 6.01 Å². The number of rotatable bonds is 7. The summed E-state index contributed by atoms with van der Waals surface area (Å²) in [5.41, 5.74) is 12.4. The van der Waals surface area contributed by atoms with Crippen molar-refractivity contribution in [3.05, 3.63) is 57.4 Å². The molecular weight excluding hydrogens is 460 g/mol. The first-order chi connectivity index (χ1) is 17.0. The molecule has 1 aromatic carbocycles. The molecule has 0 amide bonds. The maximum absolute atomic E-state index is 6.53. The Balaban J connectivity index is 1.75. The Kier molecular flexibility index (Phi) is 8.29. The minimum absolute atomic E-state index is 0.279. The summed E-state index contributed by atoms with van der Waals surface area (Å²) in [6, 6.07) is 9.53. The van der Waals surface area contributed by atoms with Crippen molar-refractivity contribution >= 4 is 23.1 Å². The largest absolute Gasteiger partial charge is 0.467 e. The number of hydrogen-bond donors (Lipinski definition) is 1. The van der Waals surface area contributed by atoms with Gasteiger partial charge in [0.05, 0.1) is 30.1 Å². The molecule has 0 spiro atoms. The van der Waals surface area contributed by atoms with Gasteiger partial charge in [0.1, 0.15) is 5.82 Å². The molecule has 1 atom stereocenters. The van der Waals surface area contributed by atoms with Crippen molar-refractivity contribution in [2.24, 2.45) is 10.7 Å². The first-order valence-corrected chi connectivity index (χ1v) is 13.0. The number of benzene rings is 1. The molecular formula is C27H37ClN6O. The van der Waals surface area contributed by atoms with E-state index in [4.69, 9.17) is 37.0 Å². The van der Waals surface area contributed by atoms with Crippen LogP contribution in [0.1, 0.15) is 62.0 Å². The Labute approximate surface area is 214 Å². The Morgan fingerprint density at radius 2 is 2.00 bits per heavy atom. The number of ether oxygens (including phenoxy) is 1. The normalized spacial score (nSPS) is 19.5. The Morgan fingerprint density at radius 3 is 2.71 bits per heavy atom. The number of allylic oxidation sites excluding steroid dienone is 1. The van der Waals surface area contributed by atoms with Crippen molar-refractivity contribution in [1.82, 2.24) is 14.9 Å². The van der Waals surface area contributed by atoms with E-state index in [0.717, 1.165) is 69.1 Å². The fourth-order valence-corrected chi connectivity index (χ4v) is 5.25. The summed E-state index contributed by atoms with van der Waals surface area (Å²) in [7, 11) is 1.63. The molecule has 188 valence electrons. The van der Waals surface area contributed by atoms with Crippen LogP contribution in [-0.2, 0) is 19.4 Å². The number of aryl methyl sites for hydroxylation is 1. The molecule has 3 heterocycles. The fraction of sp³-hybridized carbons (Fsp3) is 0.519. The minimum atomic E-state index is 0.279. The number of halogens is 1. The third kappa shape index (κ3) is 5.46. The number of fused-ring (bicyclic) bond motifs is 1. The van der Waals surface area contributed by atoms with Crippen molar-refractivity contribution in [3.63, 3.8) is 0 Å². The Bertz CT molecular complexity index is 1110. The topological polar surface area (TPSA) is 79.9 Å². The first-order valence-electron chi connectivity index (χ1n) is 12.6. The monoisotopic (exact) mass is 496 g/mol. The lowest BCUT2D eigenvalue weighted by molar-refractivity contribution is 0.178. The maximum Gasteiger partial charge on any atom is 0.318 e. The van der Waals surface area contributed by atoms with Gasteiger partial charge in [-0.1, -0.05) is 56.1 Å². The van der Waals surface area contributed by atoms with E-state index in [-0.39, 0.29) is 6.04 Å². The molecule has 0 aliphatic carbocycles. The molecule has 7 nitrogen and oxygen atoms in total. The Hall–Kier alpha value is -2.64. The van der Waals surface area contributed by atoms with Crippen LogP contribution in [0.15, 0.2) is 40.0 Å². The van der Waals surface area contributed by atoms with Crippen molar-refractivity contribution in [1.29, 1.82) is 0 Å². The highest BCUT2D eigenvalue weighted by Gasteiger charge is 2.33. The standard InChI is InChI=1S/C27H37ClN6O/c1-5-10-19-11-7-8-12-20(19)24-15-22-21(16-33(24)6-2)26(32-27(31-22)35-4)34-14-9-13-30-23(17-34)25(28)18(3)29/h7-8,11-12,24H,5-6,9-10,13-17,29H2,1-4H3/b25-18+. The second kappa shape index (κ2) is 11.4. The lowest BCUT2D eigenvalue weighted by atomic mass is 9.89. The lowest BCUT2D eigenvalue weighted by Crippen LogP contribution is -2.38. The van der Waals surface area contributed by atoms with Gasteiger partial charge in [0, 0.05) is 43.4 Å². The van der Waals surface area contributed by atoms with Gasteiger partial charge in [0.15, 0.2) is 0 Å². The summed E-state index contributed by atoms with van der Waals surface area (Å²) in [4.78, 5) is 19.2. The van der Waals surface area contributed by atoms with Crippen LogP contribution in [0, 0.1) is 0 Å². The van der Waals surface area contributed by atoms with E-state index in [2.05, 4.69) is 47.9 Å². The van der Waals surface area contributed by atoms with Gasteiger partial charge in [-0.05, 0) is 37.4 Å². The van der Waals surface area contributed by atoms with Crippen molar-refractivity contribution in [3.8, 4) is 6.01 Å². The van der Waals surface area contributed by atoms with Gasteiger partial charge in [-0.25, -0.2) is 0 Å². The average Bonchev–Trinajstić information content (AvgIpc) is 3.13. The number of nitrogens with zero attached hydrogens (tertiary/aromatic N) is 5. The summed E-state index contributed by atoms with van der Waals surface area (Å²) >= 11 is 6.53. The fourth-order valence-electron chi connectivity index (χ4n) is 5.13. The van der Waals surface area contributed by atoms with Crippen LogP contribution in [0.3, 0.4) is 0 Å². The van der Waals surface area contributed by atoms with Crippen LogP contribution < -0.4 is 15.4 Å². The molecule has 0 saturated carbocycles. The van der Waals surface area contributed by atoms with Gasteiger partial charge < -0.3 is 15.4 Å². The van der Waals surface area contributed by atoms with E-state index in [9.17, 15) is 0 Å². The minimum Gasteiger partial charge on any atom is -0.467 e. The zero-order chi connectivity index (χ0) is 24.9. The zero-order valence-electron chi connectivity index (χ0n) is 21.4. The number of anilines is 1. The van der Waals surface area contributed by atoms with E-state index in [1.54, 1.807) is 7.11 Å². The highest BCUT2D eigenvalue weighted by Crippen LogP contribution is 2.38. The van der Waals surface area contributed by atoms with E-state index < -0.39 is 0 Å². The third-order valence-corrected chi connectivity index (χ3v) is 7.41. The van der Waals surface area contributed by atoms with Crippen LogP contribution in [-0.4, -0.2) is 53.9 Å². The van der Waals surface area contributed by atoms with Crippen LogP contribution in [0.5, 0.6) is 6.01 Å². The number of hydrogen-bond acceptors (Lipinski definition) is 7. The average molecular weight is 497 g/mol. The van der Waals surface area contributed by atoms with Crippen LogP contribution >= 0.6 is 11.6 Å². The van der Waals surface area contributed by atoms with E-state index >= 15 is 0 Å². The number of likely N-dealkylation sites (N-methyl/N-ethyl adjacent to an activating group) is 1. The number of aliphatic imine (C=N–C) groups is 1. The molecule has 0 saturated heterocycles. The molecule has 35 heavy (non-hydrogen) atoms. The Morgan fingerprint density at radius 1 is 1.20 bits per heavy atom. The molecule has 2 aliphatic rings. The van der Waals surface area contributed by atoms with Gasteiger partial charge in [-0.2, -0.15) is 9.97 Å². The lowest BCUT2D eigenvalue weighted by Gasteiger charge is -2.38. The van der Waals surface area contributed by atoms with Crippen molar-refractivity contribution < 1.29 is 4.74 Å². The first kappa shape index (κ1) is 25.5. The molecule has 0 bridgehead atoms. The van der Waals surface area contributed by atoms with Crippen molar-refractivity contribution in [2.45, 2.75) is 59.0 Å². The molecule has 4 rings (SSSR count). The van der Waals surface area contributed by atoms with Gasteiger partial charge in [-0.15, -0.1) is 0 Å². The van der Waals surface area contributed by atoms with Gasteiger partial charge in [0.2, 0.25) is 0 Å². The summed E-state index contributed by atoms with van der Waals surface area (Å²) in [6.45, 7) is 10.1. The third-order valence-electron chi connectivity index (χ3n) is 6.89.